The number of carbonyl (C=O) groups is 2. The Morgan fingerprint density at radius 3 is 2.59 bits per heavy atom. The molecule has 4 heteroatoms. The van der Waals surface area contributed by atoms with Crippen LogP contribution in [0.1, 0.15) is 31.2 Å². The molecular weight excluding hydrogens is 218 g/mol. The fourth-order valence-corrected chi connectivity index (χ4v) is 1.51. The zero-order valence-corrected chi connectivity index (χ0v) is 9.90. The Kier molecular flexibility index (Phi) is 5.20. The highest BCUT2D eigenvalue weighted by molar-refractivity contribution is 5.90. The van der Waals surface area contributed by atoms with E-state index in [1.807, 2.05) is 31.2 Å². The van der Waals surface area contributed by atoms with Crippen LogP contribution in [0.3, 0.4) is 0 Å². The van der Waals surface area contributed by atoms with E-state index in [0.29, 0.717) is 19.3 Å². The average Bonchev–Trinajstić information content (AvgIpc) is 2.24. The minimum absolute atomic E-state index is 0.0685. The van der Waals surface area contributed by atoms with Crippen molar-refractivity contribution in [3.8, 4) is 0 Å². The summed E-state index contributed by atoms with van der Waals surface area (Å²) in [6.07, 6.45) is 1.62. The van der Waals surface area contributed by atoms with Crippen molar-refractivity contribution in [1.82, 2.24) is 0 Å². The summed E-state index contributed by atoms with van der Waals surface area (Å²) < 4.78 is 0. The van der Waals surface area contributed by atoms with Crippen molar-refractivity contribution in [3.63, 3.8) is 0 Å². The lowest BCUT2D eigenvalue weighted by Gasteiger charge is -2.05. The molecule has 0 aliphatic heterocycles. The average molecular weight is 235 g/mol. The van der Waals surface area contributed by atoms with Gasteiger partial charge in [-0.1, -0.05) is 12.1 Å². The fraction of sp³-hybridized carbons (Fsp3) is 0.385. The third-order valence-electron chi connectivity index (χ3n) is 2.35. The topological polar surface area (TPSA) is 66.4 Å². The molecule has 2 N–H and O–H groups in total. The first kappa shape index (κ1) is 13.2. The van der Waals surface area contributed by atoms with Crippen LogP contribution in [-0.4, -0.2) is 17.0 Å². The van der Waals surface area contributed by atoms with Crippen LogP contribution in [0.2, 0.25) is 0 Å². The molecule has 92 valence electrons. The Hall–Kier alpha value is -1.84. The lowest BCUT2D eigenvalue weighted by atomic mass is 10.2. The highest BCUT2D eigenvalue weighted by Gasteiger charge is 2.03. The van der Waals surface area contributed by atoms with Crippen LogP contribution in [0.5, 0.6) is 0 Å². The number of aryl methyl sites for hydroxylation is 1. The van der Waals surface area contributed by atoms with E-state index in [1.165, 1.54) is 0 Å². The van der Waals surface area contributed by atoms with Gasteiger partial charge >= 0.3 is 5.97 Å². The molecule has 1 rings (SSSR count). The fourth-order valence-electron chi connectivity index (χ4n) is 1.51. The van der Waals surface area contributed by atoms with Gasteiger partial charge in [-0.3, -0.25) is 9.59 Å². The van der Waals surface area contributed by atoms with E-state index in [2.05, 4.69) is 5.32 Å². The number of nitrogens with one attached hydrogen (secondary N) is 1. The van der Waals surface area contributed by atoms with Gasteiger partial charge in [-0.25, -0.2) is 0 Å². The minimum atomic E-state index is -0.816. The Morgan fingerprint density at radius 1 is 1.24 bits per heavy atom. The molecule has 1 amide bonds. The molecule has 4 nitrogen and oxygen atoms in total. The number of aliphatic carboxylic acids is 1. The van der Waals surface area contributed by atoms with Gasteiger partial charge in [-0.05, 0) is 37.5 Å². The third-order valence-corrected chi connectivity index (χ3v) is 2.35. The zero-order valence-electron chi connectivity index (χ0n) is 9.90. The van der Waals surface area contributed by atoms with Crippen LogP contribution in [0.15, 0.2) is 24.3 Å². The van der Waals surface area contributed by atoms with Gasteiger partial charge in [0.25, 0.3) is 0 Å². The molecule has 0 spiro atoms. The molecule has 0 aliphatic rings. The molecule has 1 aromatic carbocycles. The third kappa shape index (κ3) is 5.70. The highest BCUT2D eigenvalue weighted by Crippen LogP contribution is 2.10. The first-order valence-corrected chi connectivity index (χ1v) is 5.66. The van der Waals surface area contributed by atoms with Gasteiger partial charge in [-0.15, -0.1) is 0 Å². The first-order chi connectivity index (χ1) is 8.08. The van der Waals surface area contributed by atoms with Crippen LogP contribution in [0.4, 0.5) is 5.69 Å². The van der Waals surface area contributed by atoms with Crippen molar-refractivity contribution in [2.45, 2.75) is 32.6 Å². The molecular formula is C13H17NO3. The van der Waals surface area contributed by atoms with Gasteiger partial charge in [0, 0.05) is 18.5 Å². The molecule has 0 aliphatic carbocycles. The molecule has 0 bridgehead atoms. The second-order valence-corrected chi connectivity index (χ2v) is 4.02. The summed E-state index contributed by atoms with van der Waals surface area (Å²) >= 11 is 0. The molecule has 1 aromatic rings. The summed E-state index contributed by atoms with van der Waals surface area (Å²) in [5.41, 5.74) is 1.88. The minimum Gasteiger partial charge on any atom is -0.481 e. The van der Waals surface area contributed by atoms with Gasteiger partial charge in [0.05, 0.1) is 0 Å². The Labute approximate surface area is 101 Å². The van der Waals surface area contributed by atoms with Crippen molar-refractivity contribution in [2.75, 3.05) is 5.32 Å². The molecule has 0 unspecified atom stereocenters. The van der Waals surface area contributed by atoms with E-state index in [-0.39, 0.29) is 12.3 Å². The highest BCUT2D eigenvalue weighted by atomic mass is 16.4. The Morgan fingerprint density at radius 2 is 1.94 bits per heavy atom. The SMILES string of the molecule is Cc1cccc(NC(=O)CCCCC(=O)O)c1. The number of carbonyl (C=O) groups excluding carboxylic acids is 1. The maximum Gasteiger partial charge on any atom is 0.303 e. The summed E-state index contributed by atoms with van der Waals surface area (Å²) in [5, 5.41) is 11.2. The standard InChI is InChI=1S/C13H17NO3/c1-10-5-4-6-11(9-10)14-12(15)7-2-3-8-13(16)17/h4-6,9H,2-3,7-8H2,1H3,(H,14,15)(H,16,17). The molecule has 17 heavy (non-hydrogen) atoms. The van der Waals surface area contributed by atoms with Crippen LogP contribution >= 0.6 is 0 Å². The van der Waals surface area contributed by atoms with Crippen molar-refractivity contribution in [3.05, 3.63) is 29.8 Å². The van der Waals surface area contributed by atoms with Gasteiger partial charge in [-0.2, -0.15) is 0 Å². The van der Waals surface area contributed by atoms with Crippen LogP contribution in [0, 0.1) is 6.92 Å². The van der Waals surface area contributed by atoms with Crippen molar-refractivity contribution in [1.29, 1.82) is 0 Å². The van der Waals surface area contributed by atoms with Gasteiger partial charge < -0.3 is 10.4 Å². The van der Waals surface area contributed by atoms with E-state index in [4.69, 9.17) is 5.11 Å². The second-order valence-electron chi connectivity index (χ2n) is 4.02. The van der Waals surface area contributed by atoms with Crippen LogP contribution < -0.4 is 5.32 Å². The van der Waals surface area contributed by atoms with Crippen LogP contribution in [0.25, 0.3) is 0 Å². The largest absolute Gasteiger partial charge is 0.481 e. The number of anilines is 1. The summed E-state index contributed by atoms with van der Waals surface area (Å²) in [6.45, 7) is 1.96. The normalized spacial score (nSPS) is 9.94. The molecule has 0 heterocycles. The number of amides is 1. The predicted molar refractivity (Wildman–Crippen MR) is 65.9 cm³/mol. The second kappa shape index (κ2) is 6.68. The lowest BCUT2D eigenvalue weighted by molar-refractivity contribution is -0.137. The number of hydrogen-bond donors (Lipinski definition) is 2. The van der Waals surface area contributed by atoms with Gasteiger partial charge in [0.2, 0.25) is 5.91 Å². The monoisotopic (exact) mass is 235 g/mol. The van der Waals surface area contributed by atoms with E-state index < -0.39 is 5.97 Å². The van der Waals surface area contributed by atoms with E-state index in [9.17, 15) is 9.59 Å². The van der Waals surface area contributed by atoms with Crippen molar-refractivity contribution >= 4 is 17.6 Å². The van der Waals surface area contributed by atoms with E-state index in [0.717, 1.165) is 11.3 Å². The number of carboxylic acid groups (broad SMARTS) is 1. The number of benzene rings is 1. The Bertz CT molecular complexity index is 401. The summed E-state index contributed by atoms with van der Waals surface area (Å²) in [5.74, 6) is -0.884. The van der Waals surface area contributed by atoms with Crippen molar-refractivity contribution < 1.29 is 14.7 Å². The molecule has 0 fully saturated rings. The number of hydrogen-bond acceptors (Lipinski definition) is 2. The van der Waals surface area contributed by atoms with Gasteiger partial charge in [0.1, 0.15) is 0 Å². The summed E-state index contributed by atoms with van der Waals surface area (Å²) in [6, 6.07) is 7.58. The van der Waals surface area contributed by atoms with Crippen LogP contribution in [-0.2, 0) is 9.59 Å². The predicted octanol–water partition coefficient (Wildman–Crippen LogP) is 2.58. The first-order valence-electron chi connectivity index (χ1n) is 5.66. The molecule has 0 saturated heterocycles. The number of rotatable bonds is 6. The summed E-state index contributed by atoms with van der Waals surface area (Å²) in [4.78, 5) is 21.8. The zero-order chi connectivity index (χ0) is 12.7. The lowest BCUT2D eigenvalue weighted by Crippen LogP contribution is -2.11. The van der Waals surface area contributed by atoms with E-state index in [1.54, 1.807) is 0 Å². The maximum absolute atomic E-state index is 11.5. The summed E-state index contributed by atoms with van der Waals surface area (Å²) in [7, 11) is 0. The number of carboxylic acids is 1. The molecule has 0 aromatic heterocycles. The Balaban J connectivity index is 2.27. The smallest absolute Gasteiger partial charge is 0.303 e. The van der Waals surface area contributed by atoms with Crippen molar-refractivity contribution in [2.24, 2.45) is 0 Å². The molecule has 0 atom stereocenters. The number of unbranched alkanes of at least 4 members (excludes halogenated alkanes) is 1. The molecule has 0 radical (unpaired) electrons. The molecule has 0 saturated carbocycles. The van der Waals surface area contributed by atoms with Gasteiger partial charge in [0.15, 0.2) is 0 Å². The van der Waals surface area contributed by atoms with E-state index >= 15 is 0 Å². The maximum atomic E-state index is 11.5. The quantitative estimate of drug-likeness (QED) is 0.745.